The summed E-state index contributed by atoms with van der Waals surface area (Å²) in [5.41, 5.74) is 4.67. The van der Waals surface area contributed by atoms with Gasteiger partial charge < -0.3 is 7.43 Å². The summed E-state index contributed by atoms with van der Waals surface area (Å²) in [7, 11) is 0. The number of thiophene rings is 1. The van der Waals surface area contributed by atoms with E-state index < -0.39 is 0 Å². The summed E-state index contributed by atoms with van der Waals surface area (Å²) < 4.78 is 8.66. The quantitative estimate of drug-likeness (QED) is 0.152. The smallest absolute Gasteiger partial charge is 0.358 e. The van der Waals surface area contributed by atoms with Crippen molar-refractivity contribution in [3.63, 3.8) is 0 Å². The molecule has 0 spiro atoms. The fourth-order valence-corrected chi connectivity index (χ4v) is 5.79. The molecule has 1 aliphatic rings. The molecule has 4 heterocycles. The summed E-state index contributed by atoms with van der Waals surface area (Å²) >= 11 is 2.05. The third-order valence-electron chi connectivity index (χ3n) is 4.72. The minimum Gasteiger partial charge on any atom is -0.358 e. The topological polar surface area (TPSA) is 55.1 Å². The predicted octanol–water partition coefficient (Wildman–Crippen LogP) is -0.0631. The van der Waals surface area contributed by atoms with Crippen molar-refractivity contribution in [3.8, 4) is 0 Å². The molecule has 1 aromatic carbocycles. The van der Waals surface area contributed by atoms with Gasteiger partial charge in [-0.1, -0.05) is 0 Å². The Balaban J connectivity index is 0.000000397. The molecule has 7 heteroatoms. The van der Waals surface area contributed by atoms with E-state index in [9.17, 15) is 4.79 Å². The van der Waals surface area contributed by atoms with Gasteiger partial charge in [0, 0.05) is 0 Å². The molecule has 0 aliphatic carbocycles. The van der Waals surface area contributed by atoms with E-state index >= 15 is 0 Å². The van der Waals surface area contributed by atoms with Gasteiger partial charge in [-0.3, -0.25) is 0 Å². The summed E-state index contributed by atoms with van der Waals surface area (Å²) in [5.74, 6) is 0.921. The molecule has 0 bridgehead atoms. The first-order valence-electron chi connectivity index (χ1n) is 9.79. The first kappa shape index (κ1) is 26.7. The van der Waals surface area contributed by atoms with Gasteiger partial charge in [-0.05, 0) is 0 Å². The maximum Gasteiger partial charge on any atom is 1.00 e. The molecular weight excluding hydrogens is 526 g/mol. The van der Waals surface area contributed by atoms with E-state index in [2.05, 4.69) is 24.4 Å². The third kappa shape index (κ3) is 6.95. The molecular formula is C25H25ILiN2O2S-3. The van der Waals surface area contributed by atoms with Crippen LogP contribution in [0.1, 0.15) is 32.2 Å². The van der Waals surface area contributed by atoms with E-state index in [1.54, 1.807) is 17.6 Å². The number of anilines is 1. The van der Waals surface area contributed by atoms with E-state index in [1.807, 2.05) is 48.8 Å². The second-order valence-corrected chi connectivity index (χ2v) is 11.2. The molecule has 4 aromatic rings. The number of halogens is 1. The van der Waals surface area contributed by atoms with Gasteiger partial charge in [0.25, 0.3) is 0 Å². The molecule has 0 amide bonds. The molecule has 1 fully saturated rings. The standard InChI is InChI=1S/C18H17IN2O2S.C6H5.CH3.Li/c1-11-16(5-2-6-22)24-18-15(20-10-12-4-3-7-23-12)8-14(13-9-19-13)21-17(11)18;1-2-4-6-5-3-1;;/h3-4,7-8,13H,2,5,9-10H2,1H3,(H,20,21);1-5H;1H3;/q-2;2*-1;+1/t13-;;;/m0.../s1. The Morgan fingerprint density at radius 3 is 2.66 bits per heavy atom. The van der Waals surface area contributed by atoms with Crippen LogP contribution in [0.15, 0.2) is 59.2 Å². The number of furan rings is 1. The minimum atomic E-state index is 0. The molecule has 4 nitrogen and oxygen atoms in total. The number of hydrogen-bond donors (Lipinski definition) is 1. The zero-order valence-electron chi connectivity index (χ0n) is 18.7. The molecule has 1 atom stereocenters. The maximum atomic E-state index is 10.6. The van der Waals surface area contributed by atoms with Gasteiger partial charge >= 0.3 is 174 Å². The van der Waals surface area contributed by atoms with Crippen molar-refractivity contribution in [1.29, 1.82) is 0 Å². The molecule has 32 heavy (non-hydrogen) atoms. The number of rotatable bonds is 7. The van der Waals surface area contributed by atoms with Crippen LogP contribution in [0, 0.1) is 20.4 Å². The van der Waals surface area contributed by atoms with Crippen LogP contribution in [-0.2, 0) is 17.8 Å². The zero-order valence-corrected chi connectivity index (χ0v) is 21.6. The van der Waals surface area contributed by atoms with Crippen molar-refractivity contribution in [2.45, 2.75) is 30.2 Å². The van der Waals surface area contributed by atoms with Gasteiger partial charge in [0.1, 0.15) is 0 Å². The average Bonchev–Trinajstić information content (AvgIpc) is 3.42. The van der Waals surface area contributed by atoms with Crippen LogP contribution in [-0.4, -0.2) is 15.7 Å². The average molecular weight is 551 g/mol. The second-order valence-electron chi connectivity index (χ2n) is 6.85. The number of benzene rings is 1. The normalized spacial score (nSPS) is 14.1. The number of aryl methyl sites for hydroxylation is 2. The van der Waals surface area contributed by atoms with E-state index in [0.717, 1.165) is 23.4 Å². The Bertz CT molecular complexity index is 1070. The van der Waals surface area contributed by atoms with Gasteiger partial charge in [0.05, 0.1) is 0 Å². The Hall–Kier alpha value is -1.59. The van der Waals surface area contributed by atoms with Gasteiger partial charge in [0.2, 0.25) is 0 Å². The number of nitrogens with zero attached hydrogens (tertiary/aromatic N) is 1. The van der Waals surface area contributed by atoms with Crippen LogP contribution in [0.4, 0.5) is 5.69 Å². The number of alkyl halides is 2. The van der Waals surface area contributed by atoms with Crippen LogP contribution < -0.4 is 45.4 Å². The van der Waals surface area contributed by atoms with Crippen LogP contribution in [0.3, 0.4) is 0 Å². The van der Waals surface area contributed by atoms with Crippen molar-refractivity contribution in [1.82, 2.24) is 4.98 Å². The van der Waals surface area contributed by atoms with Gasteiger partial charge in [-0.25, -0.2) is 0 Å². The summed E-state index contributed by atoms with van der Waals surface area (Å²) in [5, 5.41) is 3.52. The molecule has 0 radical (unpaired) electrons. The first-order chi connectivity index (χ1) is 14.8. The SMILES string of the molecule is Cc1c(CC[C-]=O)sc2c(NCc3ccco3)cc([C@@H]3C[I-]3)nc12.[CH3-].[Li+].[c-]1ccccc1. The molecule has 5 rings (SSSR count). The second kappa shape index (κ2) is 13.2. The van der Waals surface area contributed by atoms with Crippen molar-refractivity contribution >= 4 is 33.5 Å². The van der Waals surface area contributed by atoms with E-state index in [1.165, 1.54) is 25.3 Å². The predicted molar refractivity (Wildman–Crippen MR) is 124 cm³/mol. The summed E-state index contributed by atoms with van der Waals surface area (Å²) in [6.07, 6.45) is 4.89. The zero-order chi connectivity index (χ0) is 20.8. The summed E-state index contributed by atoms with van der Waals surface area (Å²) in [4.78, 5) is 16.8. The Morgan fingerprint density at radius 1 is 1.31 bits per heavy atom. The molecule has 1 saturated heterocycles. The summed E-state index contributed by atoms with van der Waals surface area (Å²) in [6, 6.07) is 18.6. The number of aromatic nitrogens is 1. The molecule has 3 aromatic heterocycles. The molecule has 1 aliphatic heterocycles. The Kier molecular flexibility index (Phi) is 11.0. The van der Waals surface area contributed by atoms with E-state index in [-0.39, 0.29) is 26.3 Å². The number of hydrogen-bond acceptors (Lipinski definition) is 5. The molecule has 164 valence electrons. The fourth-order valence-electron chi connectivity index (χ4n) is 3.08. The maximum absolute atomic E-state index is 10.6. The minimum absolute atomic E-state index is 0. The van der Waals surface area contributed by atoms with E-state index in [4.69, 9.17) is 9.40 Å². The van der Waals surface area contributed by atoms with Gasteiger partial charge in [0.15, 0.2) is 0 Å². The largest absolute Gasteiger partial charge is 1.00 e. The number of nitrogens with one attached hydrogen (secondary N) is 1. The van der Waals surface area contributed by atoms with Crippen molar-refractivity contribution in [2.75, 3.05) is 9.74 Å². The first-order valence-corrected chi connectivity index (χ1v) is 13.4. The van der Waals surface area contributed by atoms with Gasteiger partial charge in [-0.15, -0.1) is 0 Å². The van der Waals surface area contributed by atoms with Crippen molar-refractivity contribution in [2.24, 2.45) is 0 Å². The summed E-state index contributed by atoms with van der Waals surface area (Å²) in [6.45, 7) is 2.79. The monoisotopic (exact) mass is 551 g/mol. The van der Waals surface area contributed by atoms with Crippen LogP contribution in [0.25, 0.3) is 10.2 Å². The van der Waals surface area contributed by atoms with Crippen molar-refractivity contribution in [3.05, 3.63) is 90.2 Å². The third-order valence-corrected chi connectivity index (χ3v) is 8.49. The van der Waals surface area contributed by atoms with Crippen LogP contribution in [0.2, 0.25) is 0 Å². The van der Waals surface area contributed by atoms with E-state index in [0.29, 0.717) is 38.1 Å². The van der Waals surface area contributed by atoms with Crippen LogP contribution >= 0.6 is 11.3 Å². The van der Waals surface area contributed by atoms with Crippen molar-refractivity contribution < 1.29 is 49.3 Å². The van der Waals surface area contributed by atoms with Gasteiger partial charge in [-0.2, -0.15) is 36.4 Å². The Labute approximate surface area is 216 Å². The fraction of sp³-hybridized carbons (Fsp3) is 0.240. The molecule has 1 N–H and O–H groups in total. The number of pyridine rings is 1. The molecule has 0 unspecified atom stereocenters. The van der Waals surface area contributed by atoms with Crippen LogP contribution in [0.5, 0.6) is 0 Å². The Morgan fingerprint density at radius 2 is 2.09 bits per heavy atom. The molecule has 0 saturated carbocycles. The number of carbonyl (C=O) groups excluding carboxylic acids is 1. The number of fused-ring (bicyclic) bond motifs is 1.